The first kappa shape index (κ1) is 14.2. The van der Waals surface area contributed by atoms with Crippen LogP contribution in [-0.4, -0.2) is 16.3 Å². The Kier molecular flexibility index (Phi) is 4.71. The minimum atomic E-state index is -0.713. The number of nitrogens with one attached hydrogen (secondary N) is 1. The van der Waals surface area contributed by atoms with Crippen LogP contribution < -0.4 is 5.48 Å². The SMILES string of the molecule is O=C(NO)c1cc(CSc2ccc(Cl)c(Cl)c2)on1. The molecule has 1 aromatic carbocycles. The molecule has 19 heavy (non-hydrogen) atoms. The highest BCUT2D eigenvalue weighted by Crippen LogP contribution is 2.29. The zero-order valence-electron chi connectivity index (χ0n) is 9.39. The van der Waals surface area contributed by atoms with Gasteiger partial charge in [-0.1, -0.05) is 28.4 Å². The molecule has 0 radical (unpaired) electrons. The highest BCUT2D eigenvalue weighted by atomic mass is 35.5. The van der Waals surface area contributed by atoms with Crippen LogP contribution in [0, 0.1) is 0 Å². The van der Waals surface area contributed by atoms with Crippen molar-refractivity contribution in [1.82, 2.24) is 10.6 Å². The zero-order chi connectivity index (χ0) is 13.8. The Hall–Kier alpha value is -1.21. The molecule has 0 aliphatic heterocycles. The highest BCUT2D eigenvalue weighted by molar-refractivity contribution is 7.98. The molecule has 1 heterocycles. The molecule has 5 nitrogen and oxygen atoms in total. The molecule has 0 unspecified atom stereocenters. The Morgan fingerprint density at radius 2 is 2.16 bits per heavy atom. The third kappa shape index (κ3) is 3.63. The second-order valence-electron chi connectivity index (χ2n) is 3.48. The molecule has 1 amide bonds. The van der Waals surface area contributed by atoms with E-state index < -0.39 is 5.91 Å². The van der Waals surface area contributed by atoms with Crippen molar-refractivity contribution in [1.29, 1.82) is 0 Å². The van der Waals surface area contributed by atoms with Crippen molar-refractivity contribution in [3.8, 4) is 0 Å². The third-order valence-corrected chi connectivity index (χ3v) is 3.92. The molecular formula is C11H8Cl2N2O3S. The fraction of sp³-hybridized carbons (Fsp3) is 0.0909. The number of halogens is 2. The van der Waals surface area contributed by atoms with E-state index in [1.807, 2.05) is 6.07 Å². The topological polar surface area (TPSA) is 75.4 Å². The quantitative estimate of drug-likeness (QED) is 0.513. The minimum absolute atomic E-state index is 0.0206. The number of amides is 1. The zero-order valence-corrected chi connectivity index (χ0v) is 11.7. The molecule has 0 saturated carbocycles. The lowest BCUT2D eigenvalue weighted by atomic mass is 10.4. The summed E-state index contributed by atoms with van der Waals surface area (Å²) < 4.78 is 4.96. The number of benzene rings is 1. The van der Waals surface area contributed by atoms with E-state index in [1.165, 1.54) is 23.3 Å². The van der Waals surface area contributed by atoms with Crippen molar-refractivity contribution in [3.63, 3.8) is 0 Å². The molecule has 0 spiro atoms. The van der Waals surface area contributed by atoms with Crippen LogP contribution in [0.3, 0.4) is 0 Å². The van der Waals surface area contributed by atoms with Crippen molar-refractivity contribution in [2.75, 3.05) is 0 Å². The number of thioether (sulfide) groups is 1. The summed E-state index contributed by atoms with van der Waals surface area (Å²) in [4.78, 5) is 12.0. The Morgan fingerprint density at radius 1 is 1.37 bits per heavy atom. The van der Waals surface area contributed by atoms with Crippen molar-refractivity contribution >= 4 is 40.9 Å². The molecule has 2 aromatic rings. The van der Waals surface area contributed by atoms with E-state index in [0.29, 0.717) is 21.6 Å². The predicted octanol–water partition coefficient (Wildman–Crippen LogP) is 3.39. The second-order valence-corrected chi connectivity index (χ2v) is 5.35. The Morgan fingerprint density at radius 3 is 2.84 bits per heavy atom. The van der Waals surface area contributed by atoms with Crippen LogP contribution in [0.2, 0.25) is 10.0 Å². The van der Waals surface area contributed by atoms with E-state index in [4.69, 9.17) is 32.9 Å². The van der Waals surface area contributed by atoms with E-state index in [1.54, 1.807) is 12.1 Å². The average Bonchev–Trinajstić information content (AvgIpc) is 2.88. The first-order chi connectivity index (χ1) is 9.10. The van der Waals surface area contributed by atoms with Gasteiger partial charge in [0.2, 0.25) is 0 Å². The summed E-state index contributed by atoms with van der Waals surface area (Å²) in [7, 11) is 0. The van der Waals surface area contributed by atoms with Gasteiger partial charge in [0, 0.05) is 11.0 Å². The summed E-state index contributed by atoms with van der Waals surface area (Å²) in [5.74, 6) is 0.271. The Labute approximate surface area is 122 Å². The molecule has 2 N–H and O–H groups in total. The number of hydroxylamine groups is 1. The van der Waals surface area contributed by atoms with Crippen LogP contribution in [-0.2, 0) is 5.75 Å². The van der Waals surface area contributed by atoms with E-state index in [0.717, 1.165) is 4.90 Å². The maximum absolute atomic E-state index is 11.1. The van der Waals surface area contributed by atoms with Gasteiger partial charge in [0.15, 0.2) is 5.69 Å². The molecule has 100 valence electrons. The van der Waals surface area contributed by atoms with Gasteiger partial charge in [-0.2, -0.15) is 0 Å². The fourth-order valence-corrected chi connectivity index (χ4v) is 2.44. The maximum Gasteiger partial charge on any atom is 0.296 e. The Balaban J connectivity index is 2.00. The Bertz CT molecular complexity index is 603. The van der Waals surface area contributed by atoms with Crippen LogP contribution in [0.15, 0.2) is 33.7 Å². The van der Waals surface area contributed by atoms with Gasteiger partial charge in [0.25, 0.3) is 5.91 Å². The number of hydrogen-bond donors (Lipinski definition) is 2. The van der Waals surface area contributed by atoms with Gasteiger partial charge in [0.1, 0.15) is 5.76 Å². The normalized spacial score (nSPS) is 10.5. The van der Waals surface area contributed by atoms with E-state index in [2.05, 4.69) is 5.16 Å². The van der Waals surface area contributed by atoms with E-state index >= 15 is 0 Å². The number of carbonyl (C=O) groups excluding carboxylic acids is 1. The number of rotatable bonds is 4. The van der Waals surface area contributed by atoms with Gasteiger partial charge >= 0.3 is 0 Å². The lowest BCUT2D eigenvalue weighted by molar-refractivity contribution is 0.0696. The van der Waals surface area contributed by atoms with E-state index in [9.17, 15) is 4.79 Å². The van der Waals surface area contributed by atoms with Gasteiger partial charge in [-0.15, -0.1) is 11.8 Å². The van der Waals surface area contributed by atoms with Crippen LogP contribution >= 0.6 is 35.0 Å². The van der Waals surface area contributed by atoms with Crippen molar-refractivity contribution in [2.45, 2.75) is 10.6 Å². The first-order valence-corrected chi connectivity index (χ1v) is 6.82. The van der Waals surface area contributed by atoms with Gasteiger partial charge in [0.05, 0.1) is 15.8 Å². The number of carbonyl (C=O) groups is 1. The molecule has 0 aliphatic carbocycles. The molecular weight excluding hydrogens is 311 g/mol. The summed E-state index contributed by atoms with van der Waals surface area (Å²) >= 11 is 13.2. The van der Waals surface area contributed by atoms with Gasteiger partial charge in [-0.3, -0.25) is 10.0 Å². The van der Waals surface area contributed by atoms with Gasteiger partial charge in [-0.05, 0) is 18.2 Å². The second kappa shape index (κ2) is 6.29. The number of nitrogens with zero attached hydrogens (tertiary/aromatic N) is 1. The lowest BCUT2D eigenvalue weighted by Crippen LogP contribution is -2.18. The molecule has 0 bridgehead atoms. The third-order valence-electron chi connectivity index (χ3n) is 2.17. The van der Waals surface area contributed by atoms with Crippen molar-refractivity contribution in [2.24, 2.45) is 0 Å². The standard InChI is InChI=1S/C11H8Cl2N2O3S/c12-8-2-1-7(4-9(8)13)19-5-6-3-10(15-18-6)11(16)14-17/h1-4,17H,5H2,(H,14,16). The van der Waals surface area contributed by atoms with Crippen LogP contribution in [0.5, 0.6) is 0 Å². The first-order valence-electron chi connectivity index (χ1n) is 5.08. The fourth-order valence-electron chi connectivity index (χ4n) is 1.27. The van der Waals surface area contributed by atoms with Gasteiger partial charge < -0.3 is 4.52 Å². The van der Waals surface area contributed by atoms with Crippen LogP contribution in [0.4, 0.5) is 0 Å². The summed E-state index contributed by atoms with van der Waals surface area (Å²) in [6.45, 7) is 0. The molecule has 0 atom stereocenters. The largest absolute Gasteiger partial charge is 0.360 e. The smallest absolute Gasteiger partial charge is 0.296 e. The number of aromatic nitrogens is 1. The van der Waals surface area contributed by atoms with Crippen molar-refractivity contribution < 1.29 is 14.5 Å². The molecule has 1 aromatic heterocycles. The van der Waals surface area contributed by atoms with Gasteiger partial charge in [-0.25, -0.2) is 5.48 Å². The molecule has 0 saturated heterocycles. The van der Waals surface area contributed by atoms with Crippen LogP contribution in [0.25, 0.3) is 0 Å². The molecule has 8 heteroatoms. The van der Waals surface area contributed by atoms with Crippen LogP contribution in [0.1, 0.15) is 16.2 Å². The average molecular weight is 319 g/mol. The monoisotopic (exact) mass is 318 g/mol. The van der Waals surface area contributed by atoms with E-state index in [-0.39, 0.29) is 5.69 Å². The lowest BCUT2D eigenvalue weighted by Gasteiger charge is -2.00. The maximum atomic E-state index is 11.1. The molecule has 2 rings (SSSR count). The minimum Gasteiger partial charge on any atom is -0.360 e. The molecule has 0 aliphatic rings. The summed E-state index contributed by atoms with van der Waals surface area (Å²) in [6, 6.07) is 6.73. The summed E-state index contributed by atoms with van der Waals surface area (Å²) in [5, 5.41) is 12.9. The highest BCUT2D eigenvalue weighted by Gasteiger charge is 2.11. The summed E-state index contributed by atoms with van der Waals surface area (Å²) in [5.41, 5.74) is 1.50. The number of hydrogen-bond acceptors (Lipinski definition) is 5. The molecule has 0 fully saturated rings. The van der Waals surface area contributed by atoms with Crippen molar-refractivity contribution in [3.05, 3.63) is 45.8 Å². The predicted molar refractivity (Wildman–Crippen MR) is 71.8 cm³/mol. The summed E-state index contributed by atoms with van der Waals surface area (Å²) in [6.07, 6.45) is 0.